The summed E-state index contributed by atoms with van der Waals surface area (Å²) in [6, 6.07) is 15.8. The van der Waals surface area contributed by atoms with E-state index in [1.807, 2.05) is 6.07 Å². The van der Waals surface area contributed by atoms with Gasteiger partial charge in [-0.25, -0.2) is 4.79 Å². The molecule has 0 aromatic heterocycles. The third kappa shape index (κ3) is 8.74. The summed E-state index contributed by atoms with van der Waals surface area (Å²) in [5, 5.41) is 9.59. The Morgan fingerprint density at radius 3 is 2.29 bits per heavy atom. The van der Waals surface area contributed by atoms with Crippen molar-refractivity contribution in [3.63, 3.8) is 0 Å². The number of hydrogen-bond donors (Lipinski definition) is 1. The quantitative estimate of drug-likeness (QED) is 0.209. The molecule has 0 heterocycles. The molecular formula is C25H30O6. The number of para-hydroxylation sites is 1. The van der Waals surface area contributed by atoms with Gasteiger partial charge in [0.1, 0.15) is 23.7 Å². The fourth-order valence-electron chi connectivity index (χ4n) is 2.89. The molecule has 0 amide bonds. The maximum absolute atomic E-state index is 12.2. The van der Waals surface area contributed by atoms with Gasteiger partial charge in [0.05, 0.1) is 12.2 Å². The van der Waals surface area contributed by atoms with Crippen molar-refractivity contribution in [1.29, 1.82) is 0 Å². The first kappa shape index (κ1) is 24.3. The van der Waals surface area contributed by atoms with E-state index in [4.69, 9.17) is 14.2 Å². The summed E-state index contributed by atoms with van der Waals surface area (Å²) in [6.07, 6.45) is 2.75. The van der Waals surface area contributed by atoms with Crippen LogP contribution in [0.4, 0.5) is 0 Å². The first-order valence-electron chi connectivity index (χ1n) is 10.5. The summed E-state index contributed by atoms with van der Waals surface area (Å²) in [5.74, 6) is 0.346. The molecule has 2 unspecified atom stereocenters. The maximum atomic E-state index is 12.2. The first-order valence-corrected chi connectivity index (χ1v) is 10.5. The summed E-state index contributed by atoms with van der Waals surface area (Å²) < 4.78 is 16.9. The second-order valence-corrected chi connectivity index (χ2v) is 7.07. The van der Waals surface area contributed by atoms with Crippen molar-refractivity contribution in [3.05, 3.63) is 72.8 Å². The fourth-order valence-corrected chi connectivity index (χ4v) is 2.89. The molecule has 0 aliphatic rings. The average Bonchev–Trinajstić information content (AvgIpc) is 2.79. The van der Waals surface area contributed by atoms with Crippen LogP contribution >= 0.6 is 0 Å². The number of benzene rings is 2. The van der Waals surface area contributed by atoms with Gasteiger partial charge in [-0.15, -0.1) is 0 Å². The number of aliphatic hydroxyl groups is 1. The van der Waals surface area contributed by atoms with Gasteiger partial charge in [0.2, 0.25) is 0 Å². The summed E-state index contributed by atoms with van der Waals surface area (Å²) in [4.78, 5) is 23.5. The van der Waals surface area contributed by atoms with Crippen molar-refractivity contribution in [3.8, 4) is 11.5 Å². The lowest BCUT2D eigenvalue weighted by Crippen LogP contribution is -2.22. The van der Waals surface area contributed by atoms with Crippen molar-refractivity contribution in [2.24, 2.45) is 0 Å². The zero-order valence-electron chi connectivity index (χ0n) is 17.9. The third-order valence-electron chi connectivity index (χ3n) is 4.61. The van der Waals surface area contributed by atoms with E-state index < -0.39 is 17.9 Å². The lowest BCUT2D eigenvalue weighted by molar-refractivity contribution is -0.123. The molecule has 31 heavy (non-hydrogen) atoms. The number of ketones is 1. The van der Waals surface area contributed by atoms with E-state index >= 15 is 0 Å². The van der Waals surface area contributed by atoms with Gasteiger partial charge >= 0.3 is 5.97 Å². The minimum Gasteiger partial charge on any atom is -0.490 e. The van der Waals surface area contributed by atoms with Gasteiger partial charge < -0.3 is 19.3 Å². The molecule has 2 aromatic rings. The molecule has 0 aliphatic carbocycles. The standard InChI is InChI=1S/C25H30O6/c1-3-8-20(15-17-29-18-16-24(27)23(26)4-2)30-22-13-11-19(12-14-22)25(28)31-21-9-6-5-7-10-21/h4-7,9-14,20,24,27H,2-3,8,15-18H2,1H3. The van der Waals surface area contributed by atoms with Crippen LogP contribution in [-0.2, 0) is 9.53 Å². The molecule has 0 radical (unpaired) electrons. The Kier molecular flexibility index (Phi) is 10.5. The molecule has 0 spiro atoms. The molecule has 2 rings (SSSR count). The lowest BCUT2D eigenvalue weighted by atomic mass is 10.1. The molecule has 1 N–H and O–H groups in total. The van der Waals surface area contributed by atoms with Crippen LogP contribution in [0.3, 0.4) is 0 Å². The Bertz CT molecular complexity index is 816. The van der Waals surface area contributed by atoms with Crippen molar-refractivity contribution in [1.82, 2.24) is 0 Å². The van der Waals surface area contributed by atoms with Gasteiger partial charge in [-0.05, 0) is 48.9 Å². The summed E-state index contributed by atoms with van der Waals surface area (Å²) in [5.41, 5.74) is 0.444. The zero-order valence-corrected chi connectivity index (χ0v) is 17.9. The van der Waals surface area contributed by atoms with Crippen LogP contribution in [0.15, 0.2) is 67.3 Å². The minimum absolute atomic E-state index is 0.0353. The topological polar surface area (TPSA) is 82.1 Å². The molecule has 2 atom stereocenters. The third-order valence-corrected chi connectivity index (χ3v) is 4.61. The van der Waals surface area contributed by atoms with E-state index in [1.165, 1.54) is 0 Å². The molecular weight excluding hydrogens is 396 g/mol. The second kappa shape index (κ2) is 13.4. The molecule has 6 nitrogen and oxygen atoms in total. The minimum atomic E-state index is -1.06. The highest BCUT2D eigenvalue weighted by molar-refractivity contribution is 5.92. The predicted molar refractivity (Wildman–Crippen MR) is 118 cm³/mol. The first-order chi connectivity index (χ1) is 15.0. The Morgan fingerprint density at radius 1 is 0.968 bits per heavy atom. The highest BCUT2D eigenvalue weighted by Crippen LogP contribution is 2.19. The Morgan fingerprint density at radius 2 is 1.65 bits per heavy atom. The Labute approximate surface area is 183 Å². The van der Waals surface area contributed by atoms with Crippen LogP contribution < -0.4 is 9.47 Å². The summed E-state index contributed by atoms with van der Waals surface area (Å²) in [6.45, 7) is 6.18. The highest BCUT2D eigenvalue weighted by Gasteiger charge is 2.14. The summed E-state index contributed by atoms with van der Waals surface area (Å²) in [7, 11) is 0. The number of hydrogen-bond acceptors (Lipinski definition) is 6. The van der Waals surface area contributed by atoms with E-state index in [-0.39, 0.29) is 19.1 Å². The van der Waals surface area contributed by atoms with Crippen molar-refractivity contribution in [2.45, 2.75) is 44.8 Å². The van der Waals surface area contributed by atoms with Gasteiger partial charge in [-0.3, -0.25) is 4.79 Å². The molecule has 166 valence electrons. The van der Waals surface area contributed by atoms with Crippen LogP contribution in [0.5, 0.6) is 11.5 Å². The molecule has 2 aromatic carbocycles. The average molecular weight is 427 g/mol. The number of aliphatic hydroxyl groups excluding tert-OH is 1. The molecule has 6 heteroatoms. The maximum Gasteiger partial charge on any atom is 0.343 e. The predicted octanol–water partition coefficient (Wildman–Crippen LogP) is 4.37. The number of ether oxygens (including phenoxy) is 3. The van der Waals surface area contributed by atoms with Gasteiger partial charge in [-0.1, -0.05) is 38.1 Å². The number of esters is 1. The van der Waals surface area contributed by atoms with Crippen molar-refractivity contribution in [2.75, 3.05) is 13.2 Å². The zero-order chi connectivity index (χ0) is 22.5. The van der Waals surface area contributed by atoms with E-state index in [1.54, 1.807) is 48.5 Å². The van der Waals surface area contributed by atoms with E-state index in [9.17, 15) is 14.7 Å². The lowest BCUT2D eigenvalue weighted by Gasteiger charge is -2.19. The normalized spacial score (nSPS) is 12.6. The molecule has 0 saturated heterocycles. The second-order valence-electron chi connectivity index (χ2n) is 7.07. The Balaban J connectivity index is 1.79. The van der Waals surface area contributed by atoms with Crippen LogP contribution in [-0.4, -0.2) is 42.3 Å². The smallest absolute Gasteiger partial charge is 0.343 e. The van der Waals surface area contributed by atoms with Gasteiger partial charge in [-0.2, -0.15) is 0 Å². The molecule has 0 aliphatic heterocycles. The summed E-state index contributed by atoms with van der Waals surface area (Å²) >= 11 is 0. The van der Waals surface area contributed by atoms with Crippen LogP contribution in [0.2, 0.25) is 0 Å². The fraction of sp³-hybridized carbons (Fsp3) is 0.360. The van der Waals surface area contributed by atoms with E-state index in [0.29, 0.717) is 30.1 Å². The van der Waals surface area contributed by atoms with Crippen LogP contribution in [0.25, 0.3) is 0 Å². The van der Waals surface area contributed by atoms with Gasteiger partial charge in [0, 0.05) is 19.4 Å². The molecule has 0 fully saturated rings. The van der Waals surface area contributed by atoms with Crippen molar-refractivity contribution < 1.29 is 28.9 Å². The highest BCUT2D eigenvalue weighted by atomic mass is 16.5. The van der Waals surface area contributed by atoms with E-state index in [2.05, 4.69) is 13.5 Å². The Hall–Kier alpha value is -2.96. The number of rotatable bonds is 14. The molecule has 0 saturated carbocycles. The van der Waals surface area contributed by atoms with Gasteiger partial charge in [0.15, 0.2) is 5.78 Å². The monoisotopic (exact) mass is 426 g/mol. The van der Waals surface area contributed by atoms with Crippen LogP contribution in [0.1, 0.15) is 43.0 Å². The van der Waals surface area contributed by atoms with E-state index in [0.717, 1.165) is 18.9 Å². The number of carbonyl (C=O) groups excluding carboxylic acids is 2. The molecule has 0 bridgehead atoms. The number of carbonyl (C=O) groups is 2. The van der Waals surface area contributed by atoms with Crippen molar-refractivity contribution >= 4 is 11.8 Å². The van der Waals surface area contributed by atoms with Crippen LogP contribution in [0, 0.1) is 0 Å². The largest absolute Gasteiger partial charge is 0.490 e. The van der Waals surface area contributed by atoms with Gasteiger partial charge in [0.25, 0.3) is 0 Å². The SMILES string of the molecule is C=CC(=O)C(O)CCOCCC(CCC)Oc1ccc(C(=O)Oc2ccccc2)cc1.